The predicted molar refractivity (Wildman–Crippen MR) is 95.8 cm³/mol. The lowest BCUT2D eigenvalue weighted by molar-refractivity contribution is -0.174. The zero-order valence-corrected chi connectivity index (χ0v) is 15.5. The van der Waals surface area contributed by atoms with Gasteiger partial charge in [-0.2, -0.15) is 0 Å². The fourth-order valence-corrected chi connectivity index (χ4v) is 8.75. The van der Waals surface area contributed by atoms with Crippen molar-refractivity contribution in [2.75, 3.05) is 19.7 Å². The third-order valence-electron chi connectivity index (χ3n) is 9.52. The molecule has 25 heavy (non-hydrogen) atoms. The zero-order valence-electron chi connectivity index (χ0n) is 15.5. The molecule has 136 valence electrons. The highest BCUT2D eigenvalue weighted by Crippen LogP contribution is 2.73. The van der Waals surface area contributed by atoms with Crippen LogP contribution in [0.5, 0.6) is 0 Å². The molecule has 2 saturated carbocycles. The summed E-state index contributed by atoms with van der Waals surface area (Å²) in [6.45, 7) is 5.76. The summed E-state index contributed by atoms with van der Waals surface area (Å²) in [5, 5.41) is 0. The van der Waals surface area contributed by atoms with Crippen LogP contribution < -0.4 is 0 Å². The molecule has 4 bridgehead atoms. The van der Waals surface area contributed by atoms with Gasteiger partial charge in [-0.15, -0.1) is 0 Å². The molecule has 0 unspecified atom stereocenters. The number of carbonyl (C=O) groups is 1. The largest absolute Gasteiger partial charge is 0.465 e. The first kappa shape index (κ1) is 15.2. The molecule has 0 amide bonds. The molecule has 3 aliphatic carbocycles. The smallest absolute Gasteiger partial charge is 0.305 e. The van der Waals surface area contributed by atoms with Crippen molar-refractivity contribution >= 4 is 5.97 Å². The Morgan fingerprint density at radius 2 is 2.08 bits per heavy atom. The Bertz CT molecular complexity index is 656. The average molecular weight is 341 g/mol. The van der Waals surface area contributed by atoms with Gasteiger partial charge in [0.15, 0.2) is 0 Å². The Balaban J connectivity index is 1.62. The van der Waals surface area contributed by atoms with Crippen molar-refractivity contribution in [3.05, 3.63) is 11.6 Å². The molecule has 6 rings (SSSR count). The number of rotatable bonds is 0. The van der Waals surface area contributed by atoms with Crippen molar-refractivity contribution in [3.63, 3.8) is 0 Å². The molecule has 3 nitrogen and oxygen atoms in total. The van der Waals surface area contributed by atoms with Crippen molar-refractivity contribution in [3.8, 4) is 0 Å². The first-order chi connectivity index (χ1) is 12.2. The minimum absolute atomic E-state index is 0.0682. The van der Waals surface area contributed by atoms with Crippen LogP contribution in [0, 0.1) is 34.5 Å². The number of nitrogens with zero attached hydrogens (tertiary/aromatic N) is 1. The molecule has 0 aromatic heterocycles. The first-order valence-electron chi connectivity index (χ1n) is 10.8. The number of hydrogen-bond donors (Lipinski definition) is 0. The highest BCUT2D eigenvalue weighted by Gasteiger charge is 2.72. The molecular weight excluding hydrogens is 310 g/mol. The van der Waals surface area contributed by atoms with E-state index in [2.05, 4.69) is 17.9 Å². The molecule has 0 spiro atoms. The summed E-state index contributed by atoms with van der Waals surface area (Å²) in [5.74, 6) is 3.25. The molecule has 0 radical (unpaired) electrons. The second-order valence-electron chi connectivity index (χ2n) is 10.1. The molecule has 3 heterocycles. The minimum Gasteiger partial charge on any atom is -0.465 e. The van der Waals surface area contributed by atoms with E-state index < -0.39 is 0 Å². The summed E-state index contributed by atoms with van der Waals surface area (Å²) < 4.78 is 5.92. The van der Waals surface area contributed by atoms with Gasteiger partial charge in [-0.25, -0.2) is 0 Å². The van der Waals surface area contributed by atoms with Gasteiger partial charge in [-0.1, -0.05) is 18.6 Å². The van der Waals surface area contributed by atoms with Gasteiger partial charge in [0.05, 0.1) is 6.61 Å². The highest BCUT2D eigenvalue weighted by atomic mass is 16.5. The van der Waals surface area contributed by atoms with Crippen LogP contribution in [0.25, 0.3) is 0 Å². The van der Waals surface area contributed by atoms with Crippen LogP contribution >= 0.6 is 0 Å². The number of ether oxygens (including phenoxy) is 1. The summed E-state index contributed by atoms with van der Waals surface area (Å²) in [6.07, 6.45) is 12.4. The van der Waals surface area contributed by atoms with Crippen LogP contribution in [0.1, 0.15) is 58.3 Å². The van der Waals surface area contributed by atoms with Crippen molar-refractivity contribution < 1.29 is 9.53 Å². The predicted octanol–water partition coefficient (Wildman–Crippen LogP) is 3.79. The maximum Gasteiger partial charge on any atom is 0.305 e. The van der Waals surface area contributed by atoms with E-state index in [1.165, 1.54) is 51.6 Å². The average Bonchev–Trinajstić information content (AvgIpc) is 3.14. The second kappa shape index (κ2) is 4.91. The molecule has 0 aromatic carbocycles. The van der Waals surface area contributed by atoms with E-state index in [-0.39, 0.29) is 16.8 Å². The third kappa shape index (κ3) is 1.66. The van der Waals surface area contributed by atoms with Gasteiger partial charge < -0.3 is 4.74 Å². The summed E-state index contributed by atoms with van der Waals surface area (Å²) in [6, 6.07) is 0.687. The number of cyclic esters (lactones) is 1. The van der Waals surface area contributed by atoms with Crippen LogP contribution in [0.3, 0.4) is 0 Å². The van der Waals surface area contributed by atoms with Crippen LogP contribution in [0.2, 0.25) is 0 Å². The lowest BCUT2D eigenvalue weighted by Gasteiger charge is -2.66. The van der Waals surface area contributed by atoms with E-state index in [1.807, 2.05) is 0 Å². The first-order valence-corrected chi connectivity index (χ1v) is 10.8. The van der Waals surface area contributed by atoms with Gasteiger partial charge in [0.25, 0.3) is 0 Å². The van der Waals surface area contributed by atoms with E-state index in [0.717, 1.165) is 30.1 Å². The third-order valence-corrected chi connectivity index (χ3v) is 9.52. The fraction of sp³-hybridized carbons (Fsp3) is 0.864. The number of hydrogen-bond acceptors (Lipinski definition) is 3. The lowest BCUT2D eigenvalue weighted by Crippen LogP contribution is -2.68. The van der Waals surface area contributed by atoms with E-state index >= 15 is 0 Å². The zero-order chi connectivity index (χ0) is 16.8. The number of carbonyl (C=O) groups excluding carboxylic acids is 1. The molecule has 0 aromatic rings. The molecule has 7 atom stereocenters. The van der Waals surface area contributed by atoms with E-state index in [4.69, 9.17) is 4.74 Å². The summed E-state index contributed by atoms with van der Waals surface area (Å²) in [5.41, 5.74) is 2.28. The summed E-state index contributed by atoms with van der Waals surface area (Å²) in [7, 11) is 0. The molecule has 0 N–H and O–H groups in total. The van der Waals surface area contributed by atoms with Gasteiger partial charge >= 0.3 is 5.97 Å². The monoisotopic (exact) mass is 341 g/mol. The highest BCUT2D eigenvalue weighted by molar-refractivity contribution is 5.70. The van der Waals surface area contributed by atoms with Crippen molar-refractivity contribution in [1.82, 2.24) is 4.90 Å². The van der Waals surface area contributed by atoms with Gasteiger partial charge in [0.1, 0.15) is 0 Å². The normalized spacial score (nSPS) is 54.0. The maximum absolute atomic E-state index is 12.4. The quantitative estimate of drug-likeness (QED) is 0.496. The van der Waals surface area contributed by atoms with Gasteiger partial charge in [-0.05, 0) is 68.6 Å². The Labute approximate surface area is 151 Å². The molecule has 3 aliphatic heterocycles. The maximum atomic E-state index is 12.4. The van der Waals surface area contributed by atoms with Crippen LogP contribution in [-0.4, -0.2) is 36.6 Å². The fourth-order valence-electron chi connectivity index (χ4n) is 8.75. The number of esters is 1. The number of piperidine rings is 1. The topological polar surface area (TPSA) is 29.5 Å². The van der Waals surface area contributed by atoms with Crippen LogP contribution in [0.15, 0.2) is 11.6 Å². The second-order valence-corrected chi connectivity index (χ2v) is 10.1. The lowest BCUT2D eigenvalue weighted by atomic mass is 9.42. The molecule has 5 fully saturated rings. The molecule has 3 heteroatoms. The van der Waals surface area contributed by atoms with Crippen LogP contribution in [-0.2, 0) is 9.53 Å². The van der Waals surface area contributed by atoms with E-state index in [0.29, 0.717) is 19.1 Å². The van der Waals surface area contributed by atoms with Crippen LogP contribution in [0.4, 0.5) is 0 Å². The van der Waals surface area contributed by atoms with Crippen molar-refractivity contribution in [2.24, 2.45) is 34.5 Å². The standard InChI is InChI=1S/C22H31NO2/c1-14-11-23-12-16-6-5-15-3-2-4-18(15)22-10-8-19(24)25-13-21(16,22)9-7-17(14)20(22)23/h4,14-17,20H,2-3,5-13H2,1H3/t14-,15+,16-,17-,20+,21-,22+/m1/s1. The Morgan fingerprint density at radius 1 is 1.16 bits per heavy atom. The Morgan fingerprint density at radius 3 is 3.00 bits per heavy atom. The van der Waals surface area contributed by atoms with E-state index in [1.54, 1.807) is 5.57 Å². The summed E-state index contributed by atoms with van der Waals surface area (Å²) in [4.78, 5) is 15.2. The SMILES string of the molecule is C[C@@H]1CN2C[C@H]3CC[C@@H]4CCC=C4[C@]45CCC(=O)OC[C@]34CC[C@H]1[C@H]25. The molecule has 6 aliphatic rings. The van der Waals surface area contributed by atoms with Gasteiger partial charge in [-0.3, -0.25) is 9.69 Å². The van der Waals surface area contributed by atoms with E-state index in [9.17, 15) is 4.79 Å². The van der Waals surface area contributed by atoms with Crippen molar-refractivity contribution in [1.29, 1.82) is 0 Å². The number of allylic oxidation sites excluding steroid dienone is 1. The Kier molecular flexibility index (Phi) is 2.99. The Hall–Kier alpha value is -0.830. The molecular formula is C22H31NO2. The van der Waals surface area contributed by atoms with Gasteiger partial charge in [0, 0.05) is 36.4 Å². The van der Waals surface area contributed by atoms with Gasteiger partial charge in [0.2, 0.25) is 0 Å². The number of fused-ring (bicyclic) bond motifs is 1. The molecule has 3 saturated heterocycles. The summed E-state index contributed by atoms with van der Waals surface area (Å²) >= 11 is 0. The minimum atomic E-state index is 0.0682. The van der Waals surface area contributed by atoms with Crippen molar-refractivity contribution in [2.45, 2.75) is 64.3 Å².